The van der Waals surface area contributed by atoms with Gasteiger partial charge in [0.15, 0.2) is 0 Å². The summed E-state index contributed by atoms with van der Waals surface area (Å²) in [4.78, 5) is 0. The number of allylic oxidation sites excluding steroid dienone is 2. The SMILES string of the molecule is C=CCN(CC=C)N1CCCCCCCCC(/C2=C/CCCCCCCCC2)=N/1. The highest BCUT2D eigenvalue weighted by atomic mass is 15.8. The minimum Gasteiger partial charge on any atom is -0.226 e. The van der Waals surface area contributed by atoms with Crippen LogP contribution >= 0.6 is 0 Å². The number of rotatable bonds is 6. The summed E-state index contributed by atoms with van der Waals surface area (Å²) >= 11 is 0. The molecule has 0 N–H and O–H groups in total. The van der Waals surface area contributed by atoms with Crippen molar-refractivity contribution in [3.05, 3.63) is 37.0 Å². The maximum Gasteiger partial charge on any atom is 0.0649 e. The largest absolute Gasteiger partial charge is 0.226 e. The molecule has 0 saturated carbocycles. The summed E-state index contributed by atoms with van der Waals surface area (Å²) in [7, 11) is 0. The van der Waals surface area contributed by atoms with E-state index in [2.05, 4.69) is 29.4 Å². The van der Waals surface area contributed by atoms with Gasteiger partial charge in [0.2, 0.25) is 0 Å². The van der Waals surface area contributed by atoms with Crippen LogP contribution in [0, 0.1) is 0 Å². The fraction of sp³-hybridized carbons (Fsp3) is 0.731. The molecule has 0 fully saturated rings. The Hall–Kier alpha value is -1.35. The smallest absolute Gasteiger partial charge is 0.0649 e. The molecule has 0 aromatic rings. The number of hydrogen-bond donors (Lipinski definition) is 0. The first-order chi connectivity index (χ1) is 14.3. The number of hydrogen-bond acceptors (Lipinski definition) is 3. The Morgan fingerprint density at radius 3 is 1.97 bits per heavy atom. The minimum atomic E-state index is 0.821. The quantitative estimate of drug-likeness (QED) is 0.432. The molecular weight excluding hydrogens is 354 g/mol. The molecule has 0 spiro atoms. The molecule has 1 heterocycles. The molecule has 3 nitrogen and oxygen atoms in total. The third-order valence-corrected chi connectivity index (χ3v) is 6.18. The first-order valence-corrected chi connectivity index (χ1v) is 12.4. The summed E-state index contributed by atoms with van der Waals surface area (Å²) in [6.45, 7) is 10.6. The second-order valence-electron chi connectivity index (χ2n) is 8.71. The van der Waals surface area contributed by atoms with E-state index in [9.17, 15) is 0 Å². The fourth-order valence-corrected chi connectivity index (χ4v) is 4.47. The van der Waals surface area contributed by atoms with E-state index in [0.717, 1.165) is 26.1 Å². The maximum absolute atomic E-state index is 5.30. The molecule has 0 radical (unpaired) electrons. The van der Waals surface area contributed by atoms with E-state index in [4.69, 9.17) is 5.10 Å². The van der Waals surface area contributed by atoms with Gasteiger partial charge in [0.1, 0.15) is 0 Å². The van der Waals surface area contributed by atoms with Crippen LogP contribution in [0.3, 0.4) is 0 Å². The lowest BCUT2D eigenvalue weighted by Crippen LogP contribution is -2.40. The van der Waals surface area contributed by atoms with E-state index in [1.807, 2.05) is 12.2 Å². The van der Waals surface area contributed by atoms with Crippen molar-refractivity contribution in [2.45, 2.75) is 103 Å². The zero-order chi connectivity index (χ0) is 20.6. The van der Waals surface area contributed by atoms with Crippen molar-refractivity contribution in [1.29, 1.82) is 0 Å². The van der Waals surface area contributed by atoms with Gasteiger partial charge in [-0.15, -0.1) is 13.2 Å². The molecule has 2 rings (SSSR count). The van der Waals surface area contributed by atoms with Gasteiger partial charge in [0.25, 0.3) is 0 Å². The van der Waals surface area contributed by atoms with Gasteiger partial charge in [-0.25, -0.2) is 5.12 Å². The molecular formula is C26H45N3. The van der Waals surface area contributed by atoms with Crippen LogP contribution in [-0.4, -0.2) is 35.5 Å². The highest BCUT2D eigenvalue weighted by Gasteiger charge is 2.16. The molecule has 0 atom stereocenters. The van der Waals surface area contributed by atoms with Crippen molar-refractivity contribution in [3.8, 4) is 0 Å². The van der Waals surface area contributed by atoms with Crippen LogP contribution in [0.25, 0.3) is 0 Å². The molecule has 0 saturated heterocycles. The fourth-order valence-electron chi connectivity index (χ4n) is 4.47. The van der Waals surface area contributed by atoms with Gasteiger partial charge in [-0.2, -0.15) is 10.1 Å². The molecule has 164 valence electrons. The summed E-state index contributed by atoms with van der Waals surface area (Å²) in [6, 6.07) is 0. The monoisotopic (exact) mass is 399 g/mol. The van der Waals surface area contributed by atoms with E-state index in [1.54, 1.807) is 0 Å². The van der Waals surface area contributed by atoms with Crippen LogP contribution in [0.4, 0.5) is 0 Å². The summed E-state index contributed by atoms with van der Waals surface area (Å²) < 4.78 is 0. The van der Waals surface area contributed by atoms with Gasteiger partial charge >= 0.3 is 0 Å². The predicted octanol–water partition coefficient (Wildman–Crippen LogP) is 7.43. The molecule has 1 aliphatic heterocycles. The van der Waals surface area contributed by atoms with Crippen LogP contribution in [0.1, 0.15) is 103 Å². The molecule has 0 bridgehead atoms. The third kappa shape index (κ3) is 9.80. The second-order valence-corrected chi connectivity index (χ2v) is 8.71. The Labute approximate surface area is 180 Å². The zero-order valence-corrected chi connectivity index (χ0v) is 18.9. The second kappa shape index (κ2) is 15.5. The molecule has 0 aromatic carbocycles. The van der Waals surface area contributed by atoms with E-state index in [0.29, 0.717) is 0 Å². The normalized spacial score (nSPS) is 24.9. The van der Waals surface area contributed by atoms with Crippen LogP contribution in [0.15, 0.2) is 42.1 Å². The Balaban J connectivity index is 2.25. The molecule has 2 aliphatic rings. The molecule has 0 unspecified atom stereocenters. The lowest BCUT2D eigenvalue weighted by Gasteiger charge is -2.32. The van der Waals surface area contributed by atoms with Crippen molar-refractivity contribution >= 4 is 5.71 Å². The van der Waals surface area contributed by atoms with E-state index in [1.165, 1.54) is 108 Å². The first kappa shape index (κ1) is 23.9. The first-order valence-electron chi connectivity index (χ1n) is 12.4. The Morgan fingerprint density at radius 1 is 0.759 bits per heavy atom. The van der Waals surface area contributed by atoms with Crippen molar-refractivity contribution in [3.63, 3.8) is 0 Å². The van der Waals surface area contributed by atoms with E-state index < -0.39 is 0 Å². The minimum absolute atomic E-state index is 0.821. The Morgan fingerprint density at radius 2 is 1.31 bits per heavy atom. The van der Waals surface area contributed by atoms with Crippen LogP contribution in [-0.2, 0) is 0 Å². The van der Waals surface area contributed by atoms with Gasteiger partial charge in [0, 0.05) is 13.1 Å². The predicted molar refractivity (Wildman–Crippen MR) is 128 cm³/mol. The Bertz CT molecular complexity index is 510. The van der Waals surface area contributed by atoms with Crippen molar-refractivity contribution in [1.82, 2.24) is 10.1 Å². The van der Waals surface area contributed by atoms with Gasteiger partial charge < -0.3 is 0 Å². The summed E-state index contributed by atoms with van der Waals surface area (Å²) in [5.41, 5.74) is 2.89. The summed E-state index contributed by atoms with van der Waals surface area (Å²) in [5.74, 6) is 0. The van der Waals surface area contributed by atoms with Crippen molar-refractivity contribution < 1.29 is 0 Å². The van der Waals surface area contributed by atoms with E-state index in [-0.39, 0.29) is 0 Å². The van der Waals surface area contributed by atoms with E-state index >= 15 is 0 Å². The third-order valence-electron chi connectivity index (χ3n) is 6.18. The lowest BCUT2D eigenvalue weighted by atomic mass is 9.97. The van der Waals surface area contributed by atoms with Crippen molar-refractivity contribution in [2.75, 3.05) is 19.6 Å². The van der Waals surface area contributed by atoms with Gasteiger partial charge in [-0.05, 0) is 50.5 Å². The molecule has 0 aromatic heterocycles. The summed E-state index contributed by atoms with van der Waals surface area (Å²) in [5, 5.41) is 9.84. The van der Waals surface area contributed by atoms with Gasteiger partial charge in [0.05, 0.1) is 12.3 Å². The molecule has 1 aliphatic carbocycles. The highest BCUT2D eigenvalue weighted by molar-refractivity contribution is 5.99. The van der Waals surface area contributed by atoms with Gasteiger partial charge in [-0.1, -0.05) is 76.0 Å². The topological polar surface area (TPSA) is 18.8 Å². The lowest BCUT2D eigenvalue weighted by molar-refractivity contribution is -0.00379. The molecule has 3 heteroatoms. The Kier molecular flexibility index (Phi) is 12.8. The average molecular weight is 400 g/mol. The standard InChI is InChI=1S/C26H45N3/c1-3-22-28(23-4-2)29-24-18-14-10-9-13-17-21-26(27-29)25-19-15-11-7-5-6-8-12-16-20-25/h3-4,19H,1-2,5-18,20-24H2/b25-19+,27-26-. The van der Waals surface area contributed by atoms with Crippen LogP contribution in [0.5, 0.6) is 0 Å². The number of hydrazine groups is 1. The number of hydrazone groups is 1. The average Bonchev–Trinajstić information content (AvgIpc) is 2.82. The summed E-state index contributed by atoms with van der Waals surface area (Å²) in [6.07, 6.45) is 27.5. The number of nitrogens with zero attached hydrogens (tertiary/aromatic N) is 3. The zero-order valence-electron chi connectivity index (χ0n) is 18.9. The maximum atomic E-state index is 5.30. The highest BCUT2D eigenvalue weighted by Crippen LogP contribution is 2.22. The van der Waals surface area contributed by atoms with Crippen molar-refractivity contribution in [2.24, 2.45) is 5.10 Å². The van der Waals surface area contributed by atoms with Crippen LogP contribution < -0.4 is 0 Å². The van der Waals surface area contributed by atoms with Crippen LogP contribution in [0.2, 0.25) is 0 Å². The van der Waals surface area contributed by atoms with Gasteiger partial charge in [-0.3, -0.25) is 0 Å². The molecule has 29 heavy (non-hydrogen) atoms. The molecule has 0 amide bonds.